The number of fused-ring (bicyclic) bond motifs is 1. The zero-order valence-corrected chi connectivity index (χ0v) is 15.5. The number of nitro benzene ring substituents is 1. The molecule has 28 heavy (non-hydrogen) atoms. The molecule has 0 aliphatic rings. The summed E-state index contributed by atoms with van der Waals surface area (Å²) in [5, 5.41) is 27.0. The highest BCUT2D eigenvalue weighted by Gasteiger charge is 2.13. The number of carbonyl (C=O) groups is 1. The molecule has 0 saturated carbocycles. The molecule has 0 aliphatic heterocycles. The van der Waals surface area contributed by atoms with Crippen molar-refractivity contribution in [2.24, 2.45) is 0 Å². The van der Waals surface area contributed by atoms with Crippen molar-refractivity contribution in [3.8, 4) is 10.6 Å². The number of hydrogen-bond donors (Lipinski definition) is 1. The first-order valence-electron chi connectivity index (χ1n) is 8.42. The minimum absolute atomic E-state index is 0.0618. The van der Waals surface area contributed by atoms with Crippen LogP contribution in [0, 0.1) is 10.1 Å². The van der Waals surface area contributed by atoms with Crippen molar-refractivity contribution in [2.75, 3.05) is 5.32 Å². The summed E-state index contributed by atoms with van der Waals surface area (Å²) in [6.07, 6.45) is 0.732. The molecule has 0 aliphatic carbocycles. The fourth-order valence-corrected chi connectivity index (χ4v) is 3.52. The van der Waals surface area contributed by atoms with Gasteiger partial charge in [0, 0.05) is 35.4 Å². The van der Waals surface area contributed by atoms with Crippen LogP contribution >= 0.6 is 11.3 Å². The van der Waals surface area contributed by atoms with Crippen molar-refractivity contribution in [3.63, 3.8) is 0 Å². The Morgan fingerprint density at radius 3 is 2.71 bits per heavy atom. The normalized spacial score (nSPS) is 10.9. The molecule has 0 saturated heterocycles. The van der Waals surface area contributed by atoms with Gasteiger partial charge in [0.1, 0.15) is 5.01 Å². The smallest absolute Gasteiger partial charge is 0.269 e. The van der Waals surface area contributed by atoms with Gasteiger partial charge in [0.05, 0.1) is 4.92 Å². The number of nitrogens with one attached hydrogen (secondary N) is 1. The molecule has 140 valence electrons. The van der Waals surface area contributed by atoms with E-state index in [1.807, 2.05) is 25.1 Å². The second-order valence-corrected chi connectivity index (χ2v) is 6.87. The first kappa shape index (κ1) is 17.7. The first-order valence-corrected chi connectivity index (χ1v) is 9.24. The molecule has 0 bridgehead atoms. The largest absolute Gasteiger partial charge is 0.322 e. The molecule has 0 fully saturated rings. The fraction of sp³-hybridized carbons (Fsp3) is 0.111. The molecule has 10 heteroatoms. The van der Waals surface area contributed by atoms with E-state index in [0.29, 0.717) is 16.2 Å². The van der Waals surface area contributed by atoms with E-state index in [1.54, 1.807) is 10.6 Å². The fourth-order valence-electron chi connectivity index (χ4n) is 2.66. The van der Waals surface area contributed by atoms with E-state index in [9.17, 15) is 14.9 Å². The van der Waals surface area contributed by atoms with Crippen LogP contribution in [-0.2, 0) is 6.42 Å². The number of hydrogen-bond acceptors (Lipinski definition) is 7. The van der Waals surface area contributed by atoms with Crippen LogP contribution in [0.1, 0.15) is 23.1 Å². The summed E-state index contributed by atoms with van der Waals surface area (Å²) in [5.74, 6) is 0.443. The number of benzene rings is 2. The van der Waals surface area contributed by atoms with Crippen LogP contribution in [0.3, 0.4) is 0 Å². The molecule has 0 spiro atoms. The quantitative estimate of drug-likeness (QED) is 0.409. The molecule has 4 rings (SSSR count). The lowest BCUT2D eigenvalue weighted by Crippen LogP contribution is -2.11. The highest BCUT2D eigenvalue weighted by atomic mass is 32.1. The van der Waals surface area contributed by atoms with E-state index in [1.165, 1.54) is 35.6 Å². The third-order valence-electron chi connectivity index (χ3n) is 4.08. The maximum atomic E-state index is 12.4. The molecule has 2 heterocycles. The van der Waals surface area contributed by atoms with Crippen LogP contribution in [0.2, 0.25) is 0 Å². The first-order chi connectivity index (χ1) is 13.5. The summed E-state index contributed by atoms with van der Waals surface area (Å²) in [6, 6.07) is 12.8. The standard InChI is InChI=1S/C18H14N6O3S/c1-2-15-20-21-18-23(15)22-17(28-18)12-4-3-5-13(10-12)19-16(25)11-6-8-14(9-7-11)24(26)27/h3-10H,2H2,1H3,(H,19,25). The Bertz CT molecular complexity index is 1180. The molecule has 2 aromatic carbocycles. The van der Waals surface area contributed by atoms with Gasteiger partial charge in [-0.05, 0) is 24.3 Å². The van der Waals surface area contributed by atoms with Crippen LogP contribution < -0.4 is 5.32 Å². The van der Waals surface area contributed by atoms with Gasteiger partial charge >= 0.3 is 0 Å². The summed E-state index contributed by atoms with van der Waals surface area (Å²) < 4.78 is 1.72. The lowest BCUT2D eigenvalue weighted by molar-refractivity contribution is -0.384. The van der Waals surface area contributed by atoms with E-state index in [4.69, 9.17) is 0 Å². The van der Waals surface area contributed by atoms with Crippen molar-refractivity contribution < 1.29 is 9.72 Å². The van der Waals surface area contributed by atoms with Crippen LogP contribution in [0.15, 0.2) is 48.5 Å². The molecule has 4 aromatic rings. The Morgan fingerprint density at radius 2 is 2.00 bits per heavy atom. The Labute approximate surface area is 162 Å². The number of aryl methyl sites for hydroxylation is 1. The number of non-ortho nitro benzene ring substituents is 1. The number of anilines is 1. The molecule has 0 atom stereocenters. The second kappa shape index (κ2) is 7.16. The third-order valence-corrected chi connectivity index (χ3v) is 5.03. The second-order valence-electron chi connectivity index (χ2n) is 5.91. The molecule has 0 unspecified atom stereocenters. The van der Waals surface area contributed by atoms with Gasteiger partial charge < -0.3 is 5.32 Å². The molecule has 0 radical (unpaired) electrons. The van der Waals surface area contributed by atoms with E-state index >= 15 is 0 Å². The van der Waals surface area contributed by atoms with Crippen LogP contribution in [0.25, 0.3) is 15.5 Å². The van der Waals surface area contributed by atoms with Gasteiger partial charge in [-0.15, -0.1) is 10.2 Å². The van der Waals surface area contributed by atoms with E-state index in [0.717, 1.165) is 22.8 Å². The third kappa shape index (κ3) is 3.32. The molecule has 9 nitrogen and oxygen atoms in total. The summed E-state index contributed by atoms with van der Waals surface area (Å²) in [7, 11) is 0. The average molecular weight is 394 g/mol. The number of nitro groups is 1. The topological polar surface area (TPSA) is 115 Å². The highest BCUT2D eigenvalue weighted by Crippen LogP contribution is 2.27. The molecule has 1 N–H and O–H groups in total. The van der Waals surface area contributed by atoms with Gasteiger partial charge in [0.25, 0.3) is 11.6 Å². The lowest BCUT2D eigenvalue weighted by atomic mass is 10.1. The van der Waals surface area contributed by atoms with Gasteiger partial charge in [-0.1, -0.05) is 30.4 Å². The van der Waals surface area contributed by atoms with Crippen molar-refractivity contribution in [1.29, 1.82) is 0 Å². The van der Waals surface area contributed by atoms with Crippen molar-refractivity contribution in [3.05, 3.63) is 70.0 Å². The van der Waals surface area contributed by atoms with Gasteiger partial charge in [0.2, 0.25) is 4.96 Å². The SMILES string of the molecule is CCc1nnc2sc(-c3cccc(NC(=O)c4ccc([N+](=O)[O-])cc4)c3)nn12. The summed E-state index contributed by atoms with van der Waals surface area (Å²) >= 11 is 1.42. The summed E-state index contributed by atoms with van der Waals surface area (Å²) in [6.45, 7) is 1.99. The van der Waals surface area contributed by atoms with E-state index in [-0.39, 0.29) is 11.6 Å². The maximum absolute atomic E-state index is 12.4. The van der Waals surface area contributed by atoms with Crippen LogP contribution in [-0.4, -0.2) is 30.6 Å². The number of carbonyl (C=O) groups excluding carboxylic acids is 1. The monoisotopic (exact) mass is 394 g/mol. The lowest BCUT2D eigenvalue weighted by Gasteiger charge is -2.06. The molecular weight excluding hydrogens is 380 g/mol. The minimum Gasteiger partial charge on any atom is -0.322 e. The predicted molar refractivity (Wildman–Crippen MR) is 105 cm³/mol. The van der Waals surface area contributed by atoms with Crippen LogP contribution in [0.5, 0.6) is 0 Å². The zero-order valence-electron chi connectivity index (χ0n) is 14.7. The molecule has 1 amide bonds. The predicted octanol–water partition coefficient (Wildman–Crippen LogP) is 3.58. The number of amides is 1. The Balaban J connectivity index is 1.56. The Morgan fingerprint density at radius 1 is 1.21 bits per heavy atom. The average Bonchev–Trinajstić information content (AvgIpc) is 3.29. The van der Waals surface area contributed by atoms with E-state index < -0.39 is 4.92 Å². The van der Waals surface area contributed by atoms with Gasteiger partial charge in [-0.3, -0.25) is 14.9 Å². The molecule has 2 aromatic heterocycles. The van der Waals surface area contributed by atoms with Crippen LogP contribution in [0.4, 0.5) is 11.4 Å². The number of aromatic nitrogens is 4. The van der Waals surface area contributed by atoms with E-state index in [2.05, 4.69) is 20.6 Å². The number of nitrogens with zero attached hydrogens (tertiary/aromatic N) is 5. The van der Waals surface area contributed by atoms with Crippen molar-refractivity contribution >= 4 is 33.6 Å². The van der Waals surface area contributed by atoms with Crippen molar-refractivity contribution in [1.82, 2.24) is 19.8 Å². The Kier molecular flexibility index (Phi) is 4.53. The van der Waals surface area contributed by atoms with Crippen molar-refractivity contribution in [2.45, 2.75) is 13.3 Å². The zero-order chi connectivity index (χ0) is 19.7. The minimum atomic E-state index is -0.504. The Hall–Kier alpha value is -3.66. The maximum Gasteiger partial charge on any atom is 0.269 e. The molecular formula is C18H14N6O3S. The van der Waals surface area contributed by atoms with Gasteiger partial charge in [-0.2, -0.15) is 9.61 Å². The summed E-state index contributed by atoms with van der Waals surface area (Å²) in [5.41, 5.74) is 1.72. The van der Waals surface area contributed by atoms with Gasteiger partial charge in [-0.25, -0.2) is 0 Å². The number of rotatable bonds is 5. The van der Waals surface area contributed by atoms with Gasteiger partial charge in [0.15, 0.2) is 5.82 Å². The highest BCUT2D eigenvalue weighted by molar-refractivity contribution is 7.19. The summed E-state index contributed by atoms with van der Waals surface area (Å²) in [4.78, 5) is 23.3.